The van der Waals surface area contributed by atoms with E-state index >= 15 is 0 Å². The molecule has 0 spiro atoms. The van der Waals surface area contributed by atoms with E-state index < -0.39 is 17.5 Å². The third-order valence-electron chi connectivity index (χ3n) is 4.99. The van der Waals surface area contributed by atoms with E-state index in [2.05, 4.69) is 5.32 Å². The highest BCUT2D eigenvalue weighted by Gasteiger charge is 2.29. The molecule has 3 rings (SSSR count). The van der Waals surface area contributed by atoms with E-state index in [4.69, 9.17) is 15.2 Å². The normalized spacial score (nSPS) is 12.2. The van der Waals surface area contributed by atoms with Crippen molar-refractivity contribution in [2.75, 3.05) is 7.11 Å². The fourth-order valence-corrected chi connectivity index (χ4v) is 3.81. The molecule has 0 aliphatic rings. The van der Waals surface area contributed by atoms with Crippen LogP contribution in [0.15, 0.2) is 77.7 Å². The van der Waals surface area contributed by atoms with Crippen molar-refractivity contribution in [1.29, 1.82) is 0 Å². The van der Waals surface area contributed by atoms with Crippen LogP contribution in [0.3, 0.4) is 0 Å². The van der Waals surface area contributed by atoms with Crippen LogP contribution in [-0.2, 0) is 24.4 Å². The van der Waals surface area contributed by atoms with Crippen LogP contribution < -0.4 is 20.5 Å². The van der Waals surface area contributed by atoms with Crippen molar-refractivity contribution >= 4 is 17.7 Å². The molecule has 3 aromatic rings. The molecule has 3 N–H and O–H groups in total. The molecule has 5 nitrogen and oxygen atoms in total. The van der Waals surface area contributed by atoms with Gasteiger partial charge in [0.15, 0.2) is 0 Å². The number of alkyl halides is 3. The van der Waals surface area contributed by atoms with Crippen LogP contribution in [0, 0.1) is 0 Å². The van der Waals surface area contributed by atoms with E-state index in [9.17, 15) is 18.0 Å². The highest BCUT2D eigenvalue weighted by molar-refractivity contribution is 8.00. The number of methoxy groups -OCH3 is 1. The Morgan fingerprint density at radius 2 is 1.74 bits per heavy atom. The number of thioether (sulfide) groups is 1. The summed E-state index contributed by atoms with van der Waals surface area (Å²) < 4.78 is 48.6. The third-order valence-corrected chi connectivity index (χ3v) is 5.73. The average Bonchev–Trinajstić information content (AvgIpc) is 2.81. The number of nitrogens with one attached hydrogen (secondary N) is 1. The summed E-state index contributed by atoms with van der Waals surface area (Å²) in [5.74, 6) is 0.678. The minimum Gasteiger partial charge on any atom is -0.496 e. The lowest BCUT2D eigenvalue weighted by atomic mass is 10.0. The maximum Gasteiger partial charge on any atom is 0.446 e. The zero-order chi connectivity index (χ0) is 24.6. The van der Waals surface area contributed by atoms with Crippen LogP contribution >= 0.6 is 11.8 Å². The molecular formula is C25H25F3N2O3S. The lowest BCUT2D eigenvalue weighted by Gasteiger charge is -2.17. The summed E-state index contributed by atoms with van der Waals surface area (Å²) >= 11 is -0.153. The number of carbonyl (C=O) groups is 1. The zero-order valence-corrected chi connectivity index (χ0v) is 19.3. The minimum atomic E-state index is -4.32. The van der Waals surface area contributed by atoms with Crippen molar-refractivity contribution in [3.05, 3.63) is 89.5 Å². The predicted octanol–water partition coefficient (Wildman–Crippen LogP) is 5.07. The van der Waals surface area contributed by atoms with Crippen LogP contribution in [-0.4, -0.2) is 24.6 Å². The second-order valence-corrected chi connectivity index (χ2v) is 8.62. The molecule has 3 aromatic carbocycles. The van der Waals surface area contributed by atoms with Gasteiger partial charge in [0.25, 0.3) is 0 Å². The smallest absolute Gasteiger partial charge is 0.446 e. The van der Waals surface area contributed by atoms with Crippen molar-refractivity contribution < 1.29 is 27.4 Å². The molecule has 0 saturated carbocycles. The molecule has 0 heterocycles. The van der Waals surface area contributed by atoms with Gasteiger partial charge in [-0.2, -0.15) is 13.2 Å². The molecule has 1 amide bonds. The highest BCUT2D eigenvalue weighted by Crippen LogP contribution is 2.36. The largest absolute Gasteiger partial charge is 0.496 e. The molecule has 0 radical (unpaired) electrons. The van der Waals surface area contributed by atoms with E-state index in [1.165, 1.54) is 19.2 Å². The Bertz CT molecular complexity index is 1080. The summed E-state index contributed by atoms with van der Waals surface area (Å²) in [6.07, 6.45) is 0.472. The first-order valence-corrected chi connectivity index (χ1v) is 11.3. The van der Waals surface area contributed by atoms with Gasteiger partial charge < -0.3 is 20.5 Å². The lowest BCUT2D eigenvalue weighted by molar-refractivity contribution is -0.120. The van der Waals surface area contributed by atoms with Gasteiger partial charge in [-0.25, -0.2) is 0 Å². The Labute approximate surface area is 200 Å². The van der Waals surface area contributed by atoms with Crippen molar-refractivity contribution in [3.8, 4) is 11.5 Å². The van der Waals surface area contributed by atoms with Gasteiger partial charge in [-0.1, -0.05) is 48.5 Å². The summed E-state index contributed by atoms with van der Waals surface area (Å²) in [6, 6.07) is 20.4. The first-order valence-electron chi connectivity index (χ1n) is 10.4. The number of hydrogen-bond acceptors (Lipinski definition) is 5. The van der Waals surface area contributed by atoms with Crippen molar-refractivity contribution in [2.45, 2.75) is 36.0 Å². The van der Waals surface area contributed by atoms with E-state index in [-0.39, 0.29) is 23.3 Å². The first kappa shape index (κ1) is 25.5. The topological polar surface area (TPSA) is 73.6 Å². The van der Waals surface area contributed by atoms with E-state index in [1.54, 1.807) is 24.3 Å². The maximum atomic E-state index is 12.5. The van der Waals surface area contributed by atoms with Gasteiger partial charge in [-0.3, -0.25) is 4.79 Å². The van der Waals surface area contributed by atoms with Crippen LogP contribution in [0.2, 0.25) is 0 Å². The number of carbonyl (C=O) groups excluding carboxylic acids is 1. The van der Waals surface area contributed by atoms with Gasteiger partial charge >= 0.3 is 5.51 Å². The van der Waals surface area contributed by atoms with Gasteiger partial charge in [0.1, 0.15) is 18.1 Å². The number of amides is 1. The van der Waals surface area contributed by atoms with Gasteiger partial charge in [0.2, 0.25) is 5.91 Å². The molecule has 1 atom stereocenters. The monoisotopic (exact) mass is 490 g/mol. The molecule has 0 saturated heterocycles. The van der Waals surface area contributed by atoms with Crippen molar-refractivity contribution in [3.63, 3.8) is 0 Å². The molecule has 0 aliphatic heterocycles. The number of ether oxygens (including phenoxy) is 2. The number of primary amides is 1. The predicted molar refractivity (Wildman–Crippen MR) is 126 cm³/mol. The number of nitrogens with two attached hydrogens (primary N) is 1. The second-order valence-electron chi connectivity index (χ2n) is 7.48. The SMILES string of the molecule is COc1cc(OCc2ccc(SC(F)(F)F)cc2)ccc1CNC(Cc1ccccc1)C(N)=O. The Hall–Kier alpha value is -3.17. The van der Waals surface area contributed by atoms with Gasteiger partial charge in [0, 0.05) is 23.1 Å². The summed E-state index contributed by atoms with van der Waals surface area (Å²) in [5, 5.41) is 3.18. The molecule has 180 valence electrons. The van der Waals surface area contributed by atoms with Gasteiger partial charge in [-0.15, -0.1) is 0 Å². The summed E-state index contributed by atoms with van der Waals surface area (Å²) in [6.45, 7) is 0.556. The van der Waals surface area contributed by atoms with Crippen molar-refractivity contribution in [1.82, 2.24) is 5.32 Å². The third kappa shape index (κ3) is 8.00. The quantitative estimate of drug-likeness (QED) is 0.367. The maximum absolute atomic E-state index is 12.5. The number of benzene rings is 3. The van der Waals surface area contributed by atoms with Gasteiger partial charge in [-0.05, 0) is 47.5 Å². The Kier molecular flexibility index (Phi) is 8.84. The zero-order valence-electron chi connectivity index (χ0n) is 18.5. The fourth-order valence-electron chi connectivity index (χ4n) is 3.27. The average molecular weight is 491 g/mol. The van der Waals surface area contributed by atoms with Crippen LogP contribution in [0.5, 0.6) is 11.5 Å². The second kappa shape index (κ2) is 11.8. The van der Waals surface area contributed by atoms with Crippen LogP contribution in [0.25, 0.3) is 0 Å². The summed E-state index contributed by atoms with van der Waals surface area (Å²) in [4.78, 5) is 12.0. The molecule has 0 aliphatic carbocycles. The lowest BCUT2D eigenvalue weighted by Crippen LogP contribution is -2.42. The Balaban J connectivity index is 1.58. The Morgan fingerprint density at radius 1 is 1.03 bits per heavy atom. The van der Waals surface area contributed by atoms with Gasteiger partial charge in [0.05, 0.1) is 13.2 Å². The molecule has 0 aromatic heterocycles. The highest BCUT2D eigenvalue weighted by atomic mass is 32.2. The summed E-state index contributed by atoms with van der Waals surface area (Å²) in [5.41, 5.74) is 3.81. The Morgan fingerprint density at radius 3 is 2.35 bits per heavy atom. The first-order chi connectivity index (χ1) is 16.2. The minimum absolute atomic E-state index is 0.122. The fraction of sp³-hybridized carbons (Fsp3) is 0.240. The molecule has 34 heavy (non-hydrogen) atoms. The standard InChI is InChI=1S/C25H25F3N2O3S/c1-32-23-14-20(33-16-18-7-11-21(12-8-18)34-25(26,27)28)10-9-19(23)15-30-22(24(29)31)13-17-5-3-2-4-6-17/h2-12,14,22,30H,13,15-16H2,1H3,(H2,29,31). The molecular weight excluding hydrogens is 465 g/mol. The number of hydrogen-bond donors (Lipinski definition) is 2. The summed E-state index contributed by atoms with van der Waals surface area (Å²) in [7, 11) is 1.54. The van der Waals surface area contributed by atoms with Crippen molar-refractivity contribution in [2.24, 2.45) is 5.73 Å². The van der Waals surface area contributed by atoms with E-state index in [0.29, 0.717) is 24.5 Å². The van der Waals surface area contributed by atoms with Crippen LogP contribution in [0.4, 0.5) is 13.2 Å². The van der Waals surface area contributed by atoms with Crippen LogP contribution in [0.1, 0.15) is 16.7 Å². The molecule has 1 unspecified atom stereocenters. The van der Waals surface area contributed by atoms with E-state index in [0.717, 1.165) is 16.7 Å². The molecule has 0 fully saturated rings. The van der Waals surface area contributed by atoms with E-state index in [1.807, 2.05) is 36.4 Å². The molecule has 0 bridgehead atoms. The molecule has 9 heteroatoms. The number of rotatable bonds is 11. The number of halogens is 3.